The highest BCUT2D eigenvalue weighted by molar-refractivity contribution is 6.05. The zero-order chi connectivity index (χ0) is 19.6. The normalized spacial score (nSPS) is 10.6. The number of methoxy groups -OCH3 is 1. The number of ether oxygens (including phenoxy) is 2. The number of carbonyl (C=O) groups excluding carboxylic acids is 2. The molecule has 138 valence electrons. The van der Waals surface area contributed by atoms with Gasteiger partial charge in [0, 0.05) is 16.3 Å². The molecule has 0 atom stereocenters. The number of phenolic OH excluding ortho intramolecular Hbond substituents is 2. The van der Waals surface area contributed by atoms with Crippen molar-refractivity contribution in [2.75, 3.05) is 13.7 Å². The molecule has 3 aromatic carbocycles. The lowest BCUT2D eigenvalue weighted by Crippen LogP contribution is -2.14. The molecule has 0 amide bonds. The van der Waals surface area contributed by atoms with Crippen molar-refractivity contribution >= 4 is 22.5 Å². The molecule has 3 aromatic rings. The minimum absolute atomic E-state index is 0.00619. The van der Waals surface area contributed by atoms with Crippen molar-refractivity contribution in [3.8, 4) is 17.2 Å². The Balaban J connectivity index is 1.78. The van der Waals surface area contributed by atoms with Gasteiger partial charge >= 0.3 is 5.97 Å². The van der Waals surface area contributed by atoms with Crippen LogP contribution in [0.5, 0.6) is 17.2 Å². The predicted molar refractivity (Wildman–Crippen MR) is 94.8 cm³/mol. The Morgan fingerprint density at radius 3 is 2.41 bits per heavy atom. The molecule has 0 aromatic heterocycles. The summed E-state index contributed by atoms with van der Waals surface area (Å²) in [4.78, 5) is 24.3. The van der Waals surface area contributed by atoms with Crippen molar-refractivity contribution in [1.29, 1.82) is 0 Å². The highest BCUT2D eigenvalue weighted by Gasteiger charge is 2.20. The second kappa shape index (κ2) is 7.33. The third kappa shape index (κ3) is 3.52. The maximum Gasteiger partial charge on any atom is 0.342 e. The van der Waals surface area contributed by atoms with Crippen LogP contribution in [0.2, 0.25) is 0 Å². The molecule has 6 nitrogen and oxygen atoms in total. The van der Waals surface area contributed by atoms with E-state index in [0.29, 0.717) is 5.39 Å². The Morgan fingerprint density at radius 2 is 1.74 bits per heavy atom. The number of Topliss-reactive ketones (excluding diaryl/α,β-unsaturated/α-hetero) is 1. The van der Waals surface area contributed by atoms with Gasteiger partial charge in [0.1, 0.15) is 17.1 Å². The van der Waals surface area contributed by atoms with Gasteiger partial charge < -0.3 is 19.7 Å². The molecule has 0 aliphatic carbocycles. The fourth-order valence-electron chi connectivity index (χ4n) is 2.63. The van der Waals surface area contributed by atoms with E-state index in [9.17, 15) is 24.2 Å². The monoisotopic (exact) mass is 370 g/mol. The quantitative estimate of drug-likeness (QED) is 0.406. The number of aromatic hydroxyl groups is 2. The lowest BCUT2D eigenvalue weighted by atomic mass is 10.0. The standard InChI is InChI=1S/C20H15FO6/c1-26-18-7-6-11(8-15(18)21)17(23)10-27-20(25)14-9-16(22)12-4-2-3-5-13(12)19(14)24/h2-9,22,24H,10H2,1H3. The van der Waals surface area contributed by atoms with Gasteiger partial charge in [0.15, 0.2) is 24.0 Å². The Labute approximate surface area is 153 Å². The molecule has 0 unspecified atom stereocenters. The molecule has 3 rings (SSSR count). The van der Waals surface area contributed by atoms with Gasteiger partial charge in [0.2, 0.25) is 0 Å². The fraction of sp³-hybridized carbons (Fsp3) is 0.100. The van der Waals surface area contributed by atoms with Gasteiger partial charge in [0.25, 0.3) is 0 Å². The van der Waals surface area contributed by atoms with E-state index in [1.165, 1.54) is 25.3 Å². The molecule has 0 aliphatic rings. The summed E-state index contributed by atoms with van der Waals surface area (Å²) < 4.78 is 23.4. The van der Waals surface area contributed by atoms with Crippen LogP contribution in [0, 0.1) is 5.82 Å². The molecule has 0 saturated heterocycles. The number of halogens is 1. The number of esters is 1. The van der Waals surface area contributed by atoms with Gasteiger partial charge in [-0.25, -0.2) is 9.18 Å². The highest BCUT2D eigenvalue weighted by atomic mass is 19.1. The van der Waals surface area contributed by atoms with Crippen molar-refractivity contribution in [2.24, 2.45) is 0 Å². The van der Waals surface area contributed by atoms with E-state index >= 15 is 0 Å². The molecule has 0 saturated carbocycles. The Hall–Kier alpha value is -3.61. The first kappa shape index (κ1) is 18.2. The third-order valence-electron chi connectivity index (χ3n) is 4.02. The molecule has 0 heterocycles. The van der Waals surface area contributed by atoms with Gasteiger partial charge in [-0.3, -0.25) is 4.79 Å². The van der Waals surface area contributed by atoms with E-state index in [1.54, 1.807) is 18.2 Å². The SMILES string of the molecule is COc1ccc(C(=O)COC(=O)c2cc(O)c3ccccc3c2O)cc1F. The van der Waals surface area contributed by atoms with Crippen molar-refractivity contribution in [2.45, 2.75) is 0 Å². The molecule has 7 heteroatoms. The van der Waals surface area contributed by atoms with Crippen LogP contribution in [0.3, 0.4) is 0 Å². The van der Waals surface area contributed by atoms with E-state index in [4.69, 9.17) is 9.47 Å². The zero-order valence-corrected chi connectivity index (χ0v) is 14.2. The third-order valence-corrected chi connectivity index (χ3v) is 4.02. The molecule has 0 bridgehead atoms. The van der Waals surface area contributed by atoms with Crippen LogP contribution in [0.25, 0.3) is 10.8 Å². The number of fused-ring (bicyclic) bond motifs is 1. The van der Waals surface area contributed by atoms with Crippen molar-refractivity contribution in [1.82, 2.24) is 0 Å². The molecule has 0 fully saturated rings. The van der Waals surface area contributed by atoms with Crippen LogP contribution in [-0.4, -0.2) is 35.7 Å². The minimum Gasteiger partial charge on any atom is -0.507 e. The Morgan fingerprint density at radius 1 is 1.04 bits per heavy atom. The van der Waals surface area contributed by atoms with Crippen LogP contribution in [0.1, 0.15) is 20.7 Å². The van der Waals surface area contributed by atoms with Crippen molar-refractivity contribution in [3.05, 3.63) is 65.5 Å². The lowest BCUT2D eigenvalue weighted by Gasteiger charge is -2.10. The molecule has 0 spiro atoms. The summed E-state index contributed by atoms with van der Waals surface area (Å²) in [7, 11) is 1.30. The molecule has 27 heavy (non-hydrogen) atoms. The zero-order valence-electron chi connectivity index (χ0n) is 14.2. The Bertz CT molecular complexity index is 1040. The number of hydrogen-bond acceptors (Lipinski definition) is 6. The van der Waals surface area contributed by atoms with Crippen molar-refractivity contribution in [3.63, 3.8) is 0 Å². The van der Waals surface area contributed by atoms with Gasteiger partial charge in [0.05, 0.1) is 7.11 Å². The lowest BCUT2D eigenvalue weighted by molar-refractivity contribution is 0.0471. The maximum atomic E-state index is 13.7. The Kier molecular flexibility index (Phi) is 4.94. The van der Waals surface area contributed by atoms with Gasteiger partial charge in [-0.15, -0.1) is 0 Å². The van der Waals surface area contributed by atoms with E-state index < -0.39 is 24.2 Å². The maximum absolute atomic E-state index is 13.7. The van der Waals surface area contributed by atoms with Gasteiger partial charge in [-0.2, -0.15) is 0 Å². The van der Waals surface area contributed by atoms with Gasteiger partial charge in [-0.05, 0) is 24.3 Å². The van der Waals surface area contributed by atoms with Gasteiger partial charge in [-0.1, -0.05) is 24.3 Å². The van der Waals surface area contributed by atoms with Crippen LogP contribution >= 0.6 is 0 Å². The largest absolute Gasteiger partial charge is 0.507 e. The summed E-state index contributed by atoms with van der Waals surface area (Å²) in [6.07, 6.45) is 0. The number of hydrogen-bond donors (Lipinski definition) is 2. The minimum atomic E-state index is -0.990. The number of carbonyl (C=O) groups is 2. The van der Waals surface area contributed by atoms with Crippen LogP contribution < -0.4 is 4.74 Å². The average molecular weight is 370 g/mol. The molecule has 2 N–H and O–H groups in total. The topological polar surface area (TPSA) is 93.1 Å². The highest BCUT2D eigenvalue weighted by Crippen LogP contribution is 2.35. The number of benzene rings is 3. The summed E-state index contributed by atoms with van der Waals surface area (Å²) in [5.74, 6) is -2.92. The van der Waals surface area contributed by atoms with E-state index in [-0.39, 0.29) is 33.8 Å². The van der Waals surface area contributed by atoms with E-state index in [0.717, 1.165) is 12.1 Å². The fourth-order valence-corrected chi connectivity index (χ4v) is 2.63. The smallest absolute Gasteiger partial charge is 0.342 e. The van der Waals surface area contributed by atoms with E-state index in [2.05, 4.69) is 0 Å². The first-order valence-corrected chi connectivity index (χ1v) is 7.90. The first-order valence-electron chi connectivity index (χ1n) is 7.90. The molecular weight excluding hydrogens is 355 g/mol. The molecular formula is C20H15FO6. The van der Waals surface area contributed by atoms with E-state index in [1.807, 2.05) is 0 Å². The second-order valence-electron chi connectivity index (χ2n) is 5.69. The summed E-state index contributed by atoms with van der Waals surface area (Å²) in [6, 6.07) is 11.1. The number of rotatable bonds is 5. The average Bonchev–Trinajstić information content (AvgIpc) is 2.68. The summed E-state index contributed by atoms with van der Waals surface area (Å²) >= 11 is 0. The number of ketones is 1. The van der Waals surface area contributed by atoms with Crippen LogP contribution in [-0.2, 0) is 4.74 Å². The number of phenols is 2. The van der Waals surface area contributed by atoms with Crippen LogP contribution in [0.4, 0.5) is 4.39 Å². The molecule has 0 radical (unpaired) electrons. The predicted octanol–water partition coefficient (Wildman–Crippen LogP) is 3.44. The molecule has 0 aliphatic heterocycles. The summed E-state index contributed by atoms with van der Waals surface area (Å²) in [5.41, 5.74) is -0.272. The second-order valence-corrected chi connectivity index (χ2v) is 5.69. The van der Waals surface area contributed by atoms with Crippen molar-refractivity contribution < 1.29 is 33.7 Å². The summed E-state index contributed by atoms with van der Waals surface area (Å²) in [5, 5.41) is 20.9. The summed E-state index contributed by atoms with van der Waals surface area (Å²) in [6.45, 7) is -0.655. The van der Waals surface area contributed by atoms with Crippen LogP contribution in [0.15, 0.2) is 48.5 Å². The first-order chi connectivity index (χ1) is 12.9.